The summed E-state index contributed by atoms with van der Waals surface area (Å²) in [6.45, 7) is 0. The van der Waals surface area contributed by atoms with Crippen molar-refractivity contribution in [1.29, 1.82) is 0 Å². The van der Waals surface area contributed by atoms with Crippen LogP contribution in [-0.4, -0.2) is 38.0 Å². The molecule has 0 bridgehead atoms. The first-order valence-corrected chi connectivity index (χ1v) is 8.18. The highest BCUT2D eigenvalue weighted by molar-refractivity contribution is 7.98. The van der Waals surface area contributed by atoms with Gasteiger partial charge in [-0.05, 0) is 19.1 Å². The predicted octanol–water partition coefficient (Wildman–Crippen LogP) is 1.10. The first-order valence-electron chi connectivity index (χ1n) is 5.47. The Bertz CT molecular complexity index is 417. The third-order valence-corrected chi connectivity index (χ3v) is 4.58. The lowest BCUT2D eigenvalue weighted by molar-refractivity contribution is 0.621. The van der Waals surface area contributed by atoms with Gasteiger partial charge in [0.15, 0.2) is 5.16 Å². The standard InChI is InChI=1S/C10H16N4OS2/c1-16-10-13-8(11)6-9(14-10)12-7-2-4-17(15)5-3-7/h6-7H,2-5H2,1H3,(H3,11,12,13,14). The molecule has 0 atom stereocenters. The van der Waals surface area contributed by atoms with Crippen molar-refractivity contribution in [3.63, 3.8) is 0 Å². The molecule has 1 saturated heterocycles. The number of aromatic nitrogens is 2. The third kappa shape index (κ3) is 3.57. The first kappa shape index (κ1) is 12.6. The molecule has 1 aliphatic rings. The summed E-state index contributed by atoms with van der Waals surface area (Å²) < 4.78 is 11.2. The molecule has 1 aliphatic heterocycles. The Kier molecular flexibility index (Phi) is 4.22. The van der Waals surface area contributed by atoms with Crippen molar-refractivity contribution in [3.8, 4) is 0 Å². The minimum Gasteiger partial charge on any atom is -0.383 e. The number of nitrogens with zero attached hydrogens (tertiary/aromatic N) is 2. The maximum atomic E-state index is 11.2. The SMILES string of the molecule is CSc1nc(N)cc(NC2CCS(=O)CC2)n1. The van der Waals surface area contributed by atoms with Crippen LogP contribution < -0.4 is 11.1 Å². The van der Waals surface area contributed by atoms with Crippen molar-refractivity contribution < 1.29 is 4.21 Å². The summed E-state index contributed by atoms with van der Waals surface area (Å²) in [4.78, 5) is 8.45. The maximum absolute atomic E-state index is 11.2. The van der Waals surface area contributed by atoms with Gasteiger partial charge in [0.1, 0.15) is 11.6 Å². The number of nitrogen functional groups attached to an aromatic ring is 1. The van der Waals surface area contributed by atoms with E-state index in [4.69, 9.17) is 5.73 Å². The molecule has 2 rings (SSSR count). The fourth-order valence-electron chi connectivity index (χ4n) is 1.76. The van der Waals surface area contributed by atoms with Gasteiger partial charge in [-0.2, -0.15) is 0 Å². The number of anilines is 2. The normalized spacial score (nSPS) is 24.5. The van der Waals surface area contributed by atoms with Gasteiger partial charge in [0, 0.05) is 34.4 Å². The van der Waals surface area contributed by atoms with E-state index < -0.39 is 10.8 Å². The zero-order valence-corrected chi connectivity index (χ0v) is 11.3. The second-order valence-corrected chi connectivity index (χ2v) is 6.40. The van der Waals surface area contributed by atoms with E-state index in [1.165, 1.54) is 11.8 Å². The van der Waals surface area contributed by atoms with Crippen molar-refractivity contribution in [1.82, 2.24) is 9.97 Å². The second kappa shape index (κ2) is 5.68. The van der Waals surface area contributed by atoms with E-state index in [0.717, 1.165) is 30.2 Å². The van der Waals surface area contributed by atoms with Crippen molar-refractivity contribution in [2.75, 3.05) is 28.8 Å². The smallest absolute Gasteiger partial charge is 0.191 e. The van der Waals surface area contributed by atoms with Gasteiger partial charge in [0.2, 0.25) is 0 Å². The molecule has 0 amide bonds. The molecule has 0 aromatic carbocycles. The van der Waals surface area contributed by atoms with Gasteiger partial charge in [0.25, 0.3) is 0 Å². The lowest BCUT2D eigenvalue weighted by Gasteiger charge is -2.23. The molecule has 5 nitrogen and oxygen atoms in total. The molecule has 0 unspecified atom stereocenters. The summed E-state index contributed by atoms with van der Waals surface area (Å²) in [6.07, 6.45) is 3.76. The van der Waals surface area contributed by atoms with Gasteiger partial charge in [-0.25, -0.2) is 9.97 Å². The predicted molar refractivity (Wildman–Crippen MR) is 72.7 cm³/mol. The molecule has 94 valence electrons. The number of hydrogen-bond donors (Lipinski definition) is 2. The summed E-state index contributed by atoms with van der Waals surface area (Å²) >= 11 is 1.47. The summed E-state index contributed by atoms with van der Waals surface area (Å²) in [5, 5.41) is 4.01. The summed E-state index contributed by atoms with van der Waals surface area (Å²) in [5.41, 5.74) is 5.71. The van der Waals surface area contributed by atoms with Crippen LogP contribution in [0.2, 0.25) is 0 Å². The van der Waals surface area contributed by atoms with Gasteiger partial charge < -0.3 is 11.1 Å². The molecule has 17 heavy (non-hydrogen) atoms. The average molecular weight is 272 g/mol. The van der Waals surface area contributed by atoms with Crippen molar-refractivity contribution in [2.45, 2.75) is 24.0 Å². The zero-order valence-electron chi connectivity index (χ0n) is 9.68. The van der Waals surface area contributed by atoms with Gasteiger partial charge in [-0.15, -0.1) is 0 Å². The van der Waals surface area contributed by atoms with E-state index in [1.807, 2.05) is 6.26 Å². The van der Waals surface area contributed by atoms with Crippen LogP contribution in [0.3, 0.4) is 0 Å². The first-order chi connectivity index (χ1) is 8.17. The highest BCUT2D eigenvalue weighted by atomic mass is 32.2. The molecule has 2 heterocycles. The Morgan fingerprint density at radius 2 is 2.18 bits per heavy atom. The molecule has 0 saturated carbocycles. The van der Waals surface area contributed by atoms with Crippen LogP contribution in [0.15, 0.2) is 11.2 Å². The van der Waals surface area contributed by atoms with Crippen molar-refractivity contribution >= 4 is 34.2 Å². The number of thioether (sulfide) groups is 1. The van der Waals surface area contributed by atoms with E-state index in [9.17, 15) is 4.21 Å². The number of nitrogens with two attached hydrogens (primary N) is 1. The van der Waals surface area contributed by atoms with Crippen LogP contribution in [0.4, 0.5) is 11.6 Å². The van der Waals surface area contributed by atoms with Gasteiger partial charge >= 0.3 is 0 Å². The number of nitrogens with one attached hydrogen (secondary N) is 1. The number of rotatable bonds is 3. The van der Waals surface area contributed by atoms with E-state index in [0.29, 0.717) is 17.0 Å². The minimum absolute atomic E-state index is 0.344. The second-order valence-electron chi connectivity index (χ2n) is 3.93. The molecule has 3 N–H and O–H groups in total. The molecule has 1 aromatic heterocycles. The summed E-state index contributed by atoms with van der Waals surface area (Å²) in [6, 6.07) is 2.09. The van der Waals surface area contributed by atoms with Crippen LogP contribution in [0.1, 0.15) is 12.8 Å². The Labute approximate surface area is 107 Å². The molecular formula is C10H16N4OS2. The Balaban J connectivity index is 2.02. The van der Waals surface area contributed by atoms with Crippen molar-refractivity contribution in [2.24, 2.45) is 0 Å². The van der Waals surface area contributed by atoms with E-state index in [1.54, 1.807) is 6.07 Å². The summed E-state index contributed by atoms with van der Waals surface area (Å²) in [5.74, 6) is 2.78. The fraction of sp³-hybridized carbons (Fsp3) is 0.600. The molecule has 0 spiro atoms. The highest BCUT2D eigenvalue weighted by Gasteiger charge is 2.18. The Morgan fingerprint density at radius 1 is 1.47 bits per heavy atom. The minimum atomic E-state index is -0.631. The number of hydrogen-bond acceptors (Lipinski definition) is 6. The fourth-order valence-corrected chi connectivity index (χ4v) is 3.44. The van der Waals surface area contributed by atoms with Crippen LogP contribution in [-0.2, 0) is 10.8 Å². The lowest BCUT2D eigenvalue weighted by atomic mass is 10.1. The molecule has 0 aliphatic carbocycles. The monoisotopic (exact) mass is 272 g/mol. The van der Waals surface area contributed by atoms with Gasteiger partial charge in [-0.3, -0.25) is 4.21 Å². The quantitative estimate of drug-likeness (QED) is 0.633. The topological polar surface area (TPSA) is 80.9 Å². The lowest BCUT2D eigenvalue weighted by Crippen LogP contribution is -2.29. The van der Waals surface area contributed by atoms with Crippen LogP contribution in [0.25, 0.3) is 0 Å². The molecular weight excluding hydrogens is 256 g/mol. The van der Waals surface area contributed by atoms with Crippen LogP contribution in [0.5, 0.6) is 0 Å². The zero-order chi connectivity index (χ0) is 12.3. The maximum Gasteiger partial charge on any atom is 0.191 e. The van der Waals surface area contributed by atoms with E-state index in [-0.39, 0.29) is 0 Å². The highest BCUT2D eigenvalue weighted by Crippen LogP contribution is 2.19. The Hall–Kier alpha value is -0.820. The largest absolute Gasteiger partial charge is 0.383 e. The van der Waals surface area contributed by atoms with Crippen LogP contribution in [0, 0.1) is 0 Å². The molecule has 1 fully saturated rings. The molecule has 7 heteroatoms. The van der Waals surface area contributed by atoms with Gasteiger partial charge in [-0.1, -0.05) is 11.8 Å². The average Bonchev–Trinajstić information content (AvgIpc) is 2.31. The molecule has 0 radical (unpaired) electrons. The third-order valence-electron chi connectivity index (χ3n) is 2.65. The molecule has 1 aromatic rings. The van der Waals surface area contributed by atoms with Crippen molar-refractivity contribution in [3.05, 3.63) is 6.07 Å². The Morgan fingerprint density at radius 3 is 2.82 bits per heavy atom. The summed E-state index contributed by atoms with van der Waals surface area (Å²) in [7, 11) is -0.631. The van der Waals surface area contributed by atoms with E-state index in [2.05, 4.69) is 15.3 Å². The van der Waals surface area contributed by atoms with Gasteiger partial charge in [0.05, 0.1) is 0 Å². The van der Waals surface area contributed by atoms with Crippen LogP contribution >= 0.6 is 11.8 Å². The van der Waals surface area contributed by atoms with E-state index >= 15 is 0 Å².